The van der Waals surface area contributed by atoms with Crippen LogP contribution in [-0.2, 0) is 12.8 Å². The lowest BCUT2D eigenvalue weighted by atomic mass is 10.1. The number of nitrogens with one attached hydrogen (secondary N) is 2. The third-order valence-corrected chi connectivity index (χ3v) is 6.09. The van der Waals surface area contributed by atoms with E-state index in [0.29, 0.717) is 34.6 Å². The molecule has 0 saturated heterocycles. The lowest BCUT2D eigenvalue weighted by molar-refractivity contribution is 0.0954. The third-order valence-electron chi connectivity index (χ3n) is 5.77. The molecule has 1 aliphatic heterocycles. The van der Waals surface area contributed by atoms with Gasteiger partial charge in [0.05, 0.1) is 10.4 Å². The van der Waals surface area contributed by atoms with Gasteiger partial charge in [0.15, 0.2) is 0 Å². The van der Waals surface area contributed by atoms with Crippen LogP contribution in [0.5, 0.6) is 5.88 Å². The van der Waals surface area contributed by atoms with Gasteiger partial charge in [-0.15, -0.1) is 0 Å². The lowest BCUT2D eigenvalue weighted by Crippen LogP contribution is -2.26. The van der Waals surface area contributed by atoms with Gasteiger partial charge in [0.1, 0.15) is 5.82 Å². The summed E-state index contributed by atoms with van der Waals surface area (Å²) in [5.41, 5.74) is 3.41. The number of rotatable bonds is 5. The molecule has 6 nitrogen and oxygen atoms in total. The number of hydrogen-bond acceptors (Lipinski definition) is 4. The number of nitrogens with zero attached hydrogens (tertiary/aromatic N) is 2. The number of aromatic hydroxyl groups is 1. The van der Waals surface area contributed by atoms with Gasteiger partial charge >= 0.3 is 0 Å². The Balaban J connectivity index is 1.29. The molecule has 0 aliphatic carbocycles. The molecule has 0 bridgehead atoms. The maximum Gasteiger partial charge on any atom is 0.251 e. The average molecular weight is 447 g/mol. The van der Waals surface area contributed by atoms with Crippen molar-refractivity contribution in [2.24, 2.45) is 0 Å². The summed E-state index contributed by atoms with van der Waals surface area (Å²) in [7, 11) is 0. The molecule has 4 aromatic rings. The highest BCUT2D eigenvalue weighted by atomic mass is 35.5. The van der Waals surface area contributed by atoms with Crippen LogP contribution in [0.25, 0.3) is 16.5 Å². The standard InChI is InChI=1S/C25H23ClN4O2/c26-21-8-2-5-18-15-30(25(32)22(18)21)20-7-1-4-17(14-20)24(31)28-13-11-19-10-9-16-6-3-12-27-23(16)29-19/h1-2,4-5,7-10,14-15,32H,3,6,11-13H2,(H,27,29)(H,28,31). The van der Waals surface area contributed by atoms with Crippen LogP contribution in [0, 0.1) is 0 Å². The van der Waals surface area contributed by atoms with Crippen molar-refractivity contribution in [1.29, 1.82) is 0 Å². The number of aromatic nitrogens is 2. The molecular formula is C25H23ClN4O2. The van der Waals surface area contributed by atoms with Gasteiger partial charge in [-0.25, -0.2) is 4.98 Å². The van der Waals surface area contributed by atoms with Gasteiger partial charge in [-0.05, 0) is 48.7 Å². The highest BCUT2D eigenvalue weighted by Gasteiger charge is 2.14. The van der Waals surface area contributed by atoms with Crippen molar-refractivity contribution in [3.63, 3.8) is 0 Å². The summed E-state index contributed by atoms with van der Waals surface area (Å²) in [6.45, 7) is 1.44. The van der Waals surface area contributed by atoms with Crippen LogP contribution in [0.2, 0.25) is 5.02 Å². The molecular weight excluding hydrogens is 424 g/mol. The Morgan fingerprint density at radius 1 is 1.19 bits per heavy atom. The average Bonchev–Trinajstić information content (AvgIpc) is 3.16. The van der Waals surface area contributed by atoms with Crippen molar-refractivity contribution in [2.75, 3.05) is 18.4 Å². The Kier molecular flexibility index (Phi) is 5.45. The summed E-state index contributed by atoms with van der Waals surface area (Å²) in [5, 5.41) is 18.9. The van der Waals surface area contributed by atoms with E-state index in [1.165, 1.54) is 5.56 Å². The Morgan fingerprint density at radius 3 is 2.94 bits per heavy atom. The molecule has 0 atom stereocenters. The molecule has 0 fully saturated rings. The van der Waals surface area contributed by atoms with E-state index in [9.17, 15) is 9.90 Å². The van der Waals surface area contributed by atoms with Crippen LogP contribution in [0.3, 0.4) is 0 Å². The van der Waals surface area contributed by atoms with Gasteiger partial charge in [0.25, 0.3) is 5.91 Å². The normalized spacial score (nSPS) is 12.9. The molecule has 3 N–H and O–H groups in total. The van der Waals surface area contributed by atoms with E-state index < -0.39 is 0 Å². The van der Waals surface area contributed by atoms with E-state index in [1.54, 1.807) is 28.8 Å². The van der Waals surface area contributed by atoms with Crippen LogP contribution in [-0.4, -0.2) is 33.7 Å². The van der Waals surface area contributed by atoms with Gasteiger partial charge < -0.3 is 15.7 Å². The molecule has 1 amide bonds. The van der Waals surface area contributed by atoms with Crippen molar-refractivity contribution >= 4 is 34.1 Å². The summed E-state index contributed by atoms with van der Waals surface area (Å²) < 4.78 is 1.64. The van der Waals surface area contributed by atoms with Crippen LogP contribution < -0.4 is 10.6 Å². The first-order chi connectivity index (χ1) is 15.6. The smallest absolute Gasteiger partial charge is 0.251 e. The fourth-order valence-electron chi connectivity index (χ4n) is 4.11. The second-order valence-electron chi connectivity index (χ2n) is 7.92. The monoisotopic (exact) mass is 446 g/mol. The fraction of sp³-hybridized carbons (Fsp3) is 0.200. The molecule has 3 heterocycles. The van der Waals surface area contributed by atoms with Crippen molar-refractivity contribution in [3.8, 4) is 11.6 Å². The Morgan fingerprint density at radius 2 is 2.06 bits per heavy atom. The molecule has 0 saturated carbocycles. The Labute approximate surface area is 190 Å². The van der Waals surface area contributed by atoms with Crippen LogP contribution in [0.1, 0.15) is 28.0 Å². The number of carbonyl (C=O) groups is 1. The van der Waals surface area contributed by atoms with E-state index in [4.69, 9.17) is 11.6 Å². The number of carbonyl (C=O) groups excluding carboxylic acids is 1. The molecule has 7 heteroatoms. The zero-order chi connectivity index (χ0) is 22.1. The predicted molar refractivity (Wildman–Crippen MR) is 127 cm³/mol. The second kappa shape index (κ2) is 8.55. The van der Waals surface area contributed by atoms with Gasteiger partial charge in [-0.1, -0.05) is 35.9 Å². The molecule has 2 aromatic heterocycles. The number of halogens is 1. The number of fused-ring (bicyclic) bond motifs is 2. The summed E-state index contributed by atoms with van der Waals surface area (Å²) in [4.78, 5) is 17.4. The SMILES string of the molecule is O=C(NCCc1ccc2c(n1)NCCC2)c1cccc(-n2cc3cccc(Cl)c3c2O)c1. The zero-order valence-corrected chi connectivity index (χ0v) is 18.2. The summed E-state index contributed by atoms with van der Waals surface area (Å²) in [6, 6.07) is 16.8. The van der Waals surface area contributed by atoms with Crippen LogP contribution >= 0.6 is 11.6 Å². The number of aryl methyl sites for hydroxylation is 1. The van der Waals surface area contributed by atoms with E-state index >= 15 is 0 Å². The maximum absolute atomic E-state index is 12.7. The van der Waals surface area contributed by atoms with Gasteiger partial charge in [-0.3, -0.25) is 9.36 Å². The molecule has 2 aromatic carbocycles. The summed E-state index contributed by atoms with van der Waals surface area (Å²) in [5.74, 6) is 0.846. The van der Waals surface area contributed by atoms with E-state index in [0.717, 1.165) is 36.3 Å². The Hall–Kier alpha value is -3.51. The molecule has 0 spiro atoms. The molecule has 0 unspecified atom stereocenters. The lowest BCUT2D eigenvalue weighted by Gasteiger charge is -2.17. The summed E-state index contributed by atoms with van der Waals surface area (Å²) >= 11 is 6.25. The van der Waals surface area contributed by atoms with Crippen molar-refractivity contribution in [3.05, 3.63) is 82.6 Å². The molecule has 5 rings (SSSR count). The van der Waals surface area contributed by atoms with Gasteiger partial charge in [0.2, 0.25) is 5.88 Å². The largest absolute Gasteiger partial charge is 0.494 e. The van der Waals surface area contributed by atoms with Crippen molar-refractivity contribution < 1.29 is 9.90 Å². The van der Waals surface area contributed by atoms with Crippen molar-refractivity contribution in [1.82, 2.24) is 14.9 Å². The van der Waals surface area contributed by atoms with Gasteiger partial charge in [0, 0.05) is 48.0 Å². The highest BCUT2D eigenvalue weighted by Crippen LogP contribution is 2.35. The first kappa shape index (κ1) is 20.4. The number of pyridine rings is 1. The third kappa shape index (κ3) is 3.89. The minimum atomic E-state index is -0.169. The number of benzene rings is 2. The minimum Gasteiger partial charge on any atom is -0.494 e. The zero-order valence-electron chi connectivity index (χ0n) is 17.4. The molecule has 162 valence electrons. The first-order valence-corrected chi connectivity index (χ1v) is 11.1. The summed E-state index contributed by atoms with van der Waals surface area (Å²) in [6.07, 6.45) is 4.65. The highest BCUT2D eigenvalue weighted by molar-refractivity contribution is 6.36. The number of hydrogen-bond donors (Lipinski definition) is 3. The molecule has 1 aliphatic rings. The minimum absolute atomic E-state index is 0.0512. The van der Waals surface area contributed by atoms with E-state index in [2.05, 4.69) is 21.7 Å². The second-order valence-corrected chi connectivity index (χ2v) is 8.33. The molecule has 0 radical (unpaired) electrons. The maximum atomic E-state index is 12.7. The molecule has 32 heavy (non-hydrogen) atoms. The number of anilines is 1. The van der Waals surface area contributed by atoms with E-state index in [-0.39, 0.29) is 11.8 Å². The predicted octanol–water partition coefficient (Wildman–Crippen LogP) is 4.72. The Bertz CT molecular complexity index is 1310. The fourth-order valence-corrected chi connectivity index (χ4v) is 4.38. The van der Waals surface area contributed by atoms with Crippen LogP contribution in [0.4, 0.5) is 5.82 Å². The van der Waals surface area contributed by atoms with Gasteiger partial charge in [-0.2, -0.15) is 0 Å². The van der Waals surface area contributed by atoms with Crippen LogP contribution in [0.15, 0.2) is 60.8 Å². The quantitative estimate of drug-likeness (QED) is 0.414. The first-order valence-electron chi connectivity index (χ1n) is 10.7. The topological polar surface area (TPSA) is 79.2 Å². The number of amides is 1. The van der Waals surface area contributed by atoms with Crippen molar-refractivity contribution in [2.45, 2.75) is 19.3 Å². The van der Waals surface area contributed by atoms with E-state index in [1.807, 2.05) is 30.5 Å².